The maximum Gasteiger partial charge on any atom is 0.202 e. The number of rotatable bonds is 4. The highest BCUT2D eigenvalue weighted by Crippen LogP contribution is 2.39. The average Bonchev–Trinajstić information content (AvgIpc) is 3.09. The van der Waals surface area contributed by atoms with Crippen molar-refractivity contribution in [1.82, 2.24) is 14.3 Å². The summed E-state index contributed by atoms with van der Waals surface area (Å²) < 4.78 is 4.41. The Bertz CT molecular complexity index is 366. The molecule has 0 bridgehead atoms. The summed E-state index contributed by atoms with van der Waals surface area (Å²) in [5.41, 5.74) is 0. The van der Waals surface area contributed by atoms with Gasteiger partial charge in [0.15, 0.2) is 0 Å². The Labute approximate surface area is 107 Å². The second-order valence-corrected chi connectivity index (χ2v) is 6.11. The zero-order chi connectivity index (χ0) is 11.7. The van der Waals surface area contributed by atoms with Gasteiger partial charge in [-0.3, -0.25) is 0 Å². The molecule has 4 nitrogen and oxygen atoms in total. The van der Waals surface area contributed by atoms with E-state index in [0.717, 1.165) is 23.4 Å². The van der Waals surface area contributed by atoms with Crippen LogP contribution < -0.4 is 5.32 Å². The summed E-state index contributed by atoms with van der Waals surface area (Å²) in [7, 11) is 2.20. The van der Waals surface area contributed by atoms with Crippen molar-refractivity contribution in [2.24, 2.45) is 5.92 Å². The molecule has 1 N–H and O–H groups in total. The summed E-state index contributed by atoms with van der Waals surface area (Å²) in [5.74, 6) is 2.55. The maximum absolute atomic E-state index is 4.56. The Morgan fingerprint density at radius 1 is 1.29 bits per heavy atom. The Kier molecular flexibility index (Phi) is 3.29. The van der Waals surface area contributed by atoms with Gasteiger partial charge in [-0.25, -0.2) is 4.98 Å². The molecular weight excluding hydrogens is 232 g/mol. The minimum atomic E-state index is 0.671. The molecule has 0 aromatic carbocycles. The SMILES string of the molecule is CN1CCC(CNc2nc(C3CC3)ns2)CC1. The van der Waals surface area contributed by atoms with Crippen molar-refractivity contribution in [3.05, 3.63) is 5.82 Å². The van der Waals surface area contributed by atoms with Crippen LogP contribution >= 0.6 is 11.5 Å². The molecule has 1 saturated heterocycles. The van der Waals surface area contributed by atoms with E-state index in [2.05, 4.69) is 26.6 Å². The third-order valence-electron chi connectivity index (χ3n) is 3.76. The van der Waals surface area contributed by atoms with Gasteiger partial charge in [-0.2, -0.15) is 4.37 Å². The van der Waals surface area contributed by atoms with E-state index in [1.54, 1.807) is 0 Å². The standard InChI is InChI=1S/C12H20N4S/c1-16-6-4-9(5-7-16)8-13-12-14-11(15-17-12)10-2-3-10/h9-10H,2-8H2,1H3,(H,13,14,15). The number of nitrogens with one attached hydrogen (secondary N) is 1. The molecule has 5 heteroatoms. The minimum Gasteiger partial charge on any atom is -0.360 e. The van der Waals surface area contributed by atoms with Crippen molar-refractivity contribution in [1.29, 1.82) is 0 Å². The van der Waals surface area contributed by atoms with Gasteiger partial charge >= 0.3 is 0 Å². The maximum atomic E-state index is 4.56. The molecule has 94 valence electrons. The minimum absolute atomic E-state index is 0.671. The van der Waals surface area contributed by atoms with Gasteiger partial charge in [-0.1, -0.05) is 0 Å². The summed E-state index contributed by atoms with van der Waals surface area (Å²) in [6.45, 7) is 3.53. The monoisotopic (exact) mass is 252 g/mol. The first-order valence-corrected chi connectivity index (χ1v) is 7.34. The van der Waals surface area contributed by atoms with Crippen molar-refractivity contribution < 1.29 is 0 Å². The third kappa shape index (κ3) is 2.96. The molecule has 2 fully saturated rings. The fraction of sp³-hybridized carbons (Fsp3) is 0.833. The topological polar surface area (TPSA) is 41.0 Å². The van der Waals surface area contributed by atoms with Crippen LogP contribution in [0.25, 0.3) is 0 Å². The summed E-state index contributed by atoms with van der Waals surface area (Å²) >= 11 is 1.52. The molecule has 0 amide bonds. The van der Waals surface area contributed by atoms with E-state index in [1.165, 1.54) is 50.3 Å². The van der Waals surface area contributed by atoms with Gasteiger partial charge in [0.05, 0.1) is 0 Å². The second kappa shape index (κ2) is 4.90. The van der Waals surface area contributed by atoms with Crippen molar-refractivity contribution in [2.45, 2.75) is 31.6 Å². The van der Waals surface area contributed by atoms with Gasteiger partial charge in [0.2, 0.25) is 5.13 Å². The highest BCUT2D eigenvalue weighted by molar-refractivity contribution is 7.09. The van der Waals surface area contributed by atoms with Gasteiger partial charge in [0, 0.05) is 24.0 Å². The lowest BCUT2D eigenvalue weighted by molar-refractivity contribution is 0.226. The van der Waals surface area contributed by atoms with Crippen molar-refractivity contribution in [2.75, 3.05) is 32.0 Å². The van der Waals surface area contributed by atoms with Gasteiger partial charge in [0.25, 0.3) is 0 Å². The number of anilines is 1. The van der Waals surface area contributed by atoms with E-state index in [4.69, 9.17) is 0 Å². The molecule has 0 unspecified atom stereocenters. The zero-order valence-corrected chi connectivity index (χ0v) is 11.2. The van der Waals surface area contributed by atoms with Crippen LogP contribution in [0, 0.1) is 5.92 Å². The highest BCUT2D eigenvalue weighted by atomic mass is 32.1. The molecule has 1 saturated carbocycles. The van der Waals surface area contributed by atoms with Crippen LogP contribution in [-0.2, 0) is 0 Å². The average molecular weight is 252 g/mol. The Hall–Kier alpha value is -0.680. The van der Waals surface area contributed by atoms with E-state index in [1.807, 2.05) is 0 Å². The number of likely N-dealkylation sites (tertiary alicyclic amines) is 1. The molecule has 0 atom stereocenters. The summed E-state index contributed by atoms with van der Waals surface area (Å²) in [6.07, 6.45) is 5.17. The third-order valence-corrected chi connectivity index (χ3v) is 4.45. The summed E-state index contributed by atoms with van der Waals surface area (Å²) in [4.78, 5) is 6.97. The quantitative estimate of drug-likeness (QED) is 0.891. The van der Waals surface area contributed by atoms with Crippen LogP contribution in [0.4, 0.5) is 5.13 Å². The first-order chi connectivity index (χ1) is 8.31. The number of piperidine rings is 1. The summed E-state index contributed by atoms with van der Waals surface area (Å²) in [6, 6.07) is 0. The smallest absolute Gasteiger partial charge is 0.202 e. The molecule has 1 aliphatic heterocycles. The molecule has 2 heterocycles. The molecule has 2 aliphatic rings. The van der Waals surface area contributed by atoms with Gasteiger partial charge in [0.1, 0.15) is 5.82 Å². The van der Waals surface area contributed by atoms with Crippen LogP contribution in [0.5, 0.6) is 0 Å². The first kappa shape index (κ1) is 11.4. The largest absolute Gasteiger partial charge is 0.360 e. The van der Waals surface area contributed by atoms with Crippen LogP contribution in [0.15, 0.2) is 0 Å². The molecule has 1 aromatic rings. The normalized spacial score (nSPS) is 22.9. The Morgan fingerprint density at radius 2 is 2.06 bits per heavy atom. The van der Waals surface area contributed by atoms with Gasteiger partial charge in [-0.15, -0.1) is 0 Å². The molecule has 1 aliphatic carbocycles. The van der Waals surface area contributed by atoms with Crippen molar-refractivity contribution in [3.63, 3.8) is 0 Å². The Morgan fingerprint density at radius 3 is 2.76 bits per heavy atom. The molecular formula is C12H20N4S. The molecule has 1 aromatic heterocycles. The Balaban J connectivity index is 1.46. The van der Waals surface area contributed by atoms with Crippen LogP contribution in [-0.4, -0.2) is 40.9 Å². The van der Waals surface area contributed by atoms with E-state index in [0.29, 0.717) is 5.92 Å². The fourth-order valence-corrected chi connectivity index (χ4v) is 2.96. The van der Waals surface area contributed by atoms with Crippen LogP contribution in [0.2, 0.25) is 0 Å². The summed E-state index contributed by atoms with van der Waals surface area (Å²) in [5, 5.41) is 4.48. The zero-order valence-electron chi connectivity index (χ0n) is 10.4. The number of aromatic nitrogens is 2. The molecule has 17 heavy (non-hydrogen) atoms. The number of hydrogen-bond acceptors (Lipinski definition) is 5. The van der Waals surface area contributed by atoms with Gasteiger partial charge < -0.3 is 10.2 Å². The van der Waals surface area contributed by atoms with Crippen LogP contribution in [0.1, 0.15) is 37.4 Å². The van der Waals surface area contributed by atoms with Crippen LogP contribution in [0.3, 0.4) is 0 Å². The lowest BCUT2D eigenvalue weighted by atomic mass is 9.97. The number of nitrogens with zero attached hydrogens (tertiary/aromatic N) is 3. The van der Waals surface area contributed by atoms with Crippen molar-refractivity contribution >= 4 is 16.7 Å². The lowest BCUT2D eigenvalue weighted by Gasteiger charge is -2.28. The number of hydrogen-bond donors (Lipinski definition) is 1. The second-order valence-electron chi connectivity index (χ2n) is 5.36. The van der Waals surface area contributed by atoms with E-state index in [-0.39, 0.29) is 0 Å². The predicted octanol–water partition coefficient (Wildman–Crippen LogP) is 2.17. The highest BCUT2D eigenvalue weighted by Gasteiger charge is 2.27. The first-order valence-electron chi connectivity index (χ1n) is 6.57. The van der Waals surface area contributed by atoms with E-state index >= 15 is 0 Å². The van der Waals surface area contributed by atoms with E-state index in [9.17, 15) is 0 Å². The lowest BCUT2D eigenvalue weighted by Crippen LogP contribution is -2.32. The van der Waals surface area contributed by atoms with E-state index < -0.39 is 0 Å². The molecule has 0 radical (unpaired) electrons. The molecule has 3 rings (SSSR count). The van der Waals surface area contributed by atoms with Gasteiger partial charge in [-0.05, 0) is 51.7 Å². The van der Waals surface area contributed by atoms with Crippen molar-refractivity contribution in [3.8, 4) is 0 Å². The predicted molar refractivity (Wildman–Crippen MR) is 70.6 cm³/mol. The molecule has 0 spiro atoms. The fourth-order valence-electron chi connectivity index (χ4n) is 2.31.